The van der Waals surface area contributed by atoms with Gasteiger partial charge in [0.2, 0.25) is 5.82 Å². The molecule has 2 heterocycles. The zero-order valence-electron chi connectivity index (χ0n) is 21.0. The molecule has 0 unspecified atom stereocenters. The van der Waals surface area contributed by atoms with Crippen molar-refractivity contribution in [2.24, 2.45) is 0 Å². The number of nitrogens with zero attached hydrogens (tertiary/aromatic N) is 2. The summed E-state index contributed by atoms with van der Waals surface area (Å²) in [6.07, 6.45) is -8.89. The molecule has 3 aromatic carbocycles. The van der Waals surface area contributed by atoms with E-state index in [4.69, 9.17) is 5.11 Å². The van der Waals surface area contributed by atoms with Crippen molar-refractivity contribution in [3.8, 4) is 11.5 Å². The molecule has 0 fully saturated rings. The van der Waals surface area contributed by atoms with Gasteiger partial charge in [0.25, 0.3) is 5.91 Å². The summed E-state index contributed by atoms with van der Waals surface area (Å²) in [5.74, 6) is -5.31. The van der Waals surface area contributed by atoms with E-state index >= 15 is 0 Å². The SMILES string of the molecule is O=C(O)CS(=O)(=O)c1ccc(CNC(=O)c2ccc3c(c2)nc(C(F)(F)F)n3Cc2cccc3c2OC(F)(F)O3)cc1. The molecule has 1 aliphatic heterocycles. The number of aliphatic carboxylic acids is 1. The van der Waals surface area contributed by atoms with Crippen LogP contribution in [0.1, 0.15) is 27.3 Å². The van der Waals surface area contributed by atoms with Crippen LogP contribution in [0, 0.1) is 0 Å². The summed E-state index contributed by atoms with van der Waals surface area (Å²) in [6, 6.07) is 12.6. The number of nitrogens with one attached hydrogen (secondary N) is 1. The fourth-order valence-corrected chi connectivity index (χ4v) is 5.35. The number of aromatic nitrogens is 2. The van der Waals surface area contributed by atoms with E-state index in [9.17, 15) is 40.0 Å². The van der Waals surface area contributed by atoms with Crippen LogP contribution < -0.4 is 14.8 Å². The second-order valence-electron chi connectivity index (χ2n) is 9.11. The maximum absolute atomic E-state index is 13.9. The maximum Gasteiger partial charge on any atom is 0.586 e. The van der Waals surface area contributed by atoms with Crippen LogP contribution in [0.2, 0.25) is 0 Å². The highest BCUT2D eigenvalue weighted by Gasteiger charge is 2.45. The molecule has 0 atom stereocenters. The number of para-hydroxylation sites is 1. The highest BCUT2D eigenvalue weighted by atomic mass is 32.2. The van der Waals surface area contributed by atoms with Gasteiger partial charge in [-0.25, -0.2) is 13.4 Å². The lowest BCUT2D eigenvalue weighted by Crippen LogP contribution is -2.26. The third kappa shape index (κ3) is 5.83. The van der Waals surface area contributed by atoms with Gasteiger partial charge >= 0.3 is 18.4 Å². The molecular weight excluding hydrogens is 593 g/mol. The Hall–Kier alpha value is -4.73. The van der Waals surface area contributed by atoms with Gasteiger partial charge in [0, 0.05) is 17.7 Å². The molecule has 42 heavy (non-hydrogen) atoms. The summed E-state index contributed by atoms with van der Waals surface area (Å²) in [5, 5.41) is 11.3. The van der Waals surface area contributed by atoms with Gasteiger partial charge in [-0.3, -0.25) is 9.59 Å². The number of rotatable bonds is 8. The number of imidazole rings is 1. The van der Waals surface area contributed by atoms with Crippen molar-refractivity contribution in [1.82, 2.24) is 14.9 Å². The lowest BCUT2D eigenvalue weighted by atomic mass is 10.1. The number of benzene rings is 3. The van der Waals surface area contributed by atoms with Gasteiger partial charge in [-0.05, 0) is 42.0 Å². The number of amides is 1. The summed E-state index contributed by atoms with van der Waals surface area (Å²) in [5.41, 5.74) is 0.212. The van der Waals surface area contributed by atoms with E-state index in [0.29, 0.717) is 5.56 Å². The fraction of sp³-hybridized carbons (Fsp3) is 0.192. The lowest BCUT2D eigenvalue weighted by molar-refractivity contribution is -0.287. The van der Waals surface area contributed by atoms with Gasteiger partial charge in [-0.1, -0.05) is 24.3 Å². The molecule has 10 nitrogen and oxygen atoms in total. The van der Waals surface area contributed by atoms with E-state index in [2.05, 4.69) is 19.8 Å². The average Bonchev–Trinajstić information content (AvgIpc) is 3.43. The molecule has 2 N–H and O–H groups in total. The van der Waals surface area contributed by atoms with Crippen molar-refractivity contribution < 1.29 is 54.5 Å². The number of hydrogen-bond acceptors (Lipinski definition) is 7. The fourth-order valence-electron chi connectivity index (χ4n) is 4.31. The van der Waals surface area contributed by atoms with E-state index in [1.807, 2.05) is 0 Å². The summed E-state index contributed by atoms with van der Waals surface area (Å²) in [6.45, 7) is -0.623. The first-order valence-electron chi connectivity index (χ1n) is 11.9. The Labute approximate surface area is 233 Å². The van der Waals surface area contributed by atoms with Crippen LogP contribution in [-0.2, 0) is 33.9 Å². The summed E-state index contributed by atoms with van der Waals surface area (Å²) in [4.78, 5) is 26.9. The molecule has 0 saturated carbocycles. The lowest BCUT2D eigenvalue weighted by Gasteiger charge is -2.13. The van der Waals surface area contributed by atoms with Crippen molar-refractivity contribution in [1.29, 1.82) is 0 Å². The predicted molar refractivity (Wildman–Crippen MR) is 134 cm³/mol. The quantitative estimate of drug-likeness (QED) is 0.283. The number of alkyl halides is 5. The molecule has 0 radical (unpaired) electrons. The van der Waals surface area contributed by atoms with Crippen molar-refractivity contribution >= 4 is 32.7 Å². The van der Waals surface area contributed by atoms with Crippen molar-refractivity contribution in [3.05, 3.63) is 83.2 Å². The number of hydrogen-bond donors (Lipinski definition) is 2. The molecule has 5 rings (SSSR count). The molecule has 0 spiro atoms. The Morgan fingerprint density at radius 1 is 1.02 bits per heavy atom. The molecule has 4 aromatic rings. The smallest absolute Gasteiger partial charge is 0.480 e. The Bertz CT molecular complexity index is 1820. The van der Waals surface area contributed by atoms with Gasteiger partial charge in [0.1, 0.15) is 0 Å². The average molecular weight is 612 g/mol. The molecule has 16 heteroatoms. The molecule has 0 bridgehead atoms. The molecule has 1 aromatic heterocycles. The first-order valence-corrected chi connectivity index (χ1v) is 13.5. The van der Waals surface area contributed by atoms with E-state index < -0.39 is 58.1 Å². The van der Waals surface area contributed by atoms with Crippen LogP contribution in [0.15, 0.2) is 65.6 Å². The maximum atomic E-state index is 13.9. The number of sulfone groups is 1. The standard InChI is InChI=1S/C26H18F5N3O7S/c27-25(28,29)24-33-18-10-15(23(37)32-11-14-4-7-17(8-5-14)42(38,39)13-21(35)36)6-9-19(18)34(24)12-16-2-1-3-20-22(16)41-26(30,31)40-20/h1-10H,11-13H2,(H,32,37)(H,35,36). The second-order valence-corrected chi connectivity index (χ2v) is 11.1. The van der Waals surface area contributed by atoms with Crippen LogP contribution in [0.5, 0.6) is 11.5 Å². The molecule has 1 amide bonds. The highest BCUT2D eigenvalue weighted by Crippen LogP contribution is 2.44. The van der Waals surface area contributed by atoms with Gasteiger partial charge in [0.15, 0.2) is 27.1 Å². The minimum atomic E-state index is -4.93. The van der Waals surface area contributed by atoms with E-state index in [1.165, 1.54) is 54.6 Å². The molecule has 0 aliphatic carbocycles. The van der Waals surface area contributed by atoms with Crippen LogP contribution >= 0.6 is 0 Å². The van der Waals surface area contributed by atoms with E-state index in [-0.39, 0.29) is 39.4 Å². The van der Waals surface area contributed by atoms with E-state index in [1.54, 1.807) is 0 Å². The summed E-state index contributed by atoms with van der Waals surface area (Å²) >= 11 is 0. The Morgan fingerprint density at radius 3 is 2.40 bits per heavy atom. The number of ether oxygens (including phenoxy) is 2. The van der Waals surface area contributed by atoms with Gasteiger partial charge in [0.05, 0.1) is 22.5 Å². The van der Waals surface area contributed by atoms with Gasteiger partial charge < -0.3 is 24.5 Å². The Balaban J connectivity index is 1.37. The van der Waals surface area contributed by atoms with Gasteiger partial charge in [-0.2, -0.15) is 13.2 Å². The Kier molecular flexibility index (Phi) is 7.04. The number of carbonyl (C=O) groups is 2. The zero-order valence-corrected chi connectivity index (χ0v) is 21.8. The number of carboxylic acids is 1. The van der Waals surface area contributed by atoms with E-state index in [0.717, 1.165) is 10.6 Å². The monoisotopic (exact) mass is 611 g/mol. The third-order valence-electron chi connectivity index (χ3n) is 6.15. The topological polar surface area (TPSA) is 137 Å². The summed E-state index contributed by atoms with van der Waals surface area (Å²) < 4.78 is 103. The normalized spacial score (nSPS) is 14.2. The number of fused-ring (bicyclic) bond motifs is 2. The van der Waals surface area contributed by atoms with Crippen molar-refractivity contribution in [3.63, 3.8) is 0 Å². The predicted octanol–water partition coefficient (Wildman–Crippen LogP) is 4.21. The highest BCUT2D eigenvalue weighted by molar-refractivity contribution is 7.92. The molecule has 1 aliphatic rings. The van der Waals surface area contributed by atoms with Crippen molar-refractivity contribution in [2.75, 3.05) is 5.75 Å². The number of halogens is 5. The Morgan fingerprint density at radius 2 is 1.74 bits per heavy atom. The second kappa shape index (κ2) is 10.3. The van der Waals surface area contributed by atoms with Crippen LogP contribution in [-0.4, -0.2) is 47.0 Å². The minimum absolute atomic E-state index is 0.0157. The number of carboxylic acid groups (broad SMARTS) is 1. The van der Waals surface area contributed by atoms with Crippen molar-refractivity contribution in [2.45, 2.75) is 30.5 Å². The zero-order chi connectivity index (χ0) is 30.4. The minimum Gasteiger partial charge on any atom is -0.480 e. The largest absolute Gasteiger partial charge is 0.586 e. The van der Waals surface area contributed by atoms with Crippen LogP contribution in [0.3, 0.4) is 0 Å². The van der Waals surface area contributed by atoms with Crippen LogP contribution in [0.25, 0.3) is 11.0 Å². The number of carbonyl (C=O) groups excluding carboxylic acids is 1. The molecular formula is C26H18F5N3O7S. The molecule has 220 valence electrons. The first-order chi connectivity index (χ1) is 19.6. The summed E-state index contributed by atoms with van der Waals surface area (Å²) in [7, 11) is -4.03. The van der Waals surface area contributed by atoms with Crippen LogP contribution in [0.4, 0.5) is 22.0 Å². The molecule has 0 saturated heterocycles. The third-order valence-corrected chi connectivity index (χ3v) is 7.77. The van der Waals surface area contributed by atoms with Gasteiger partial charge in [-0.15, -0.1) is 8.78 Å². The first kappa shape index (κ1) is 28.8.